The van der Waals surface area contributed by atoms with E-state index in [0.29, 0.717) is 17.5 Å². The van der Waals surface area contributed by atoms with E-state index >= 15 is 0 Å². The predicted octanol–water partition coefficient (Wildman–Crippen LogP) is 15.3. The summed E-state index contributed by atoms with van der Waals surface area (Å²) in [5, 5.41) is 4.89. The molecule has 12 rings (SSSR count). The van der Waals surface area contributed by atoms with Crippen LogP contribution in [0.25, 0.3) is 115 Å². The highest BCUT2D eigenvalue weighted by molar-refractivity contribution is 7.26. The molecule has 0 saturated heterocycles. The fraction of sp³-hybridized carbons (Fsp3) is 0. The second-order valence-corrected chi connectivity index (χ2v) is 16.6. The number of hydrogen-bond donors (Lipinski definition) is 0. The van der Waals surface area contributed by atoms with Gasteiger partial charge in [0.1, 0.15) is 0 Å². The van der Waals surface area contributed by atoms with Gasteiger partial charge in [0.15, 0.2) is 17.5 Å². The van der Waals surface area contributed by atoms with Gasteiger partial charge in [0.25, 0.3) is 0 Å². The lowest BCUT2D eigenvalue weighted by molar-refractivity contribution is 1.07. The molecule has 0 aliphatic heterocycles. The molecule has 290 valence electrons. The highest BCUT2D eigenvalue weighted by Gasteiger charge is 2.21. The van der Waals surface area contributed by atoms with Gasteiger partial charge in [-0.05, 0) is 76.3 Å². The second-order valence-electron chi connectivity index (χ2n) is 15.6. The highest BCUT2D eigenvalue weighted by Crippen LogP contribution is 2.44. The molecule has 5 heteroatoms. The number of thiophene rings is 1. The third-order valence-electron chi connectivity index (χ3n) is 11.9. The highest BCUT2D eigenvalue weighted by atomic mass is 32.1. The number of fused-ring (bicyclic) bond motifs is 6. The van der Waals surface area contributed by atoms with Gasteiger partial charge in [-0.3, -0.25) is 0 Å². The maximum atomic E-state index is 5.13. The van der Waals surface area contributed by atoms with Gasteiger partial charge >= 0.3 is 0 Å². The van der Waals surface area contributed by atoms with Gasteiger partial charge in [-0.15, -0.1) is 11.3 Å². The molecule has 0 radical (unpaired) electrons. The van der Waals surface area contributed by atoms with Crippen LogP contribution in [0.1, 0.15) is 0 Å². The maximum absolute atomic E-state index is 5.13. The Bertz CT molecular complexity index is 3540. The molecule has 0 atom stereocenters. The first-order chi connectivity index (χ1) is 30.7. The summed E-state index contributed by atoms with van der Waals surface area (Å²) in [6, 6.07) is 77.6. The molecule has 0 fully saturated rings. The maximum Gasteiger partial charge on any atom is 0.164 e. The van der Waals surface area contributed by atoms with Crippen LogP contribution in [0, 0.1) is 0 Å². The van der Waals surface area contributed by atoms with E-state index in [4.69, 9.17) is 15.0 Å². The Labute approximate surface area is 362 Å². The van der Waals surface area contributed by atoms with E-state index in [0.717, 1.165) is 60.9 Å². The number of rotatable bonds is 7. The number of hydrogen-bond acceptors (Lipinski definition) is 4. The van der Waals surface area contributed by atoms with Crippen LogP contribution in [0.15, 0.2) is 218 Å². The van der Waals surface area contributed by atoms with Crippen LogP contribution in [0.3, 0.4) is 0 Å². The number of nitrogens with zero attached hydrogens (tertiary/aromatic N) is 4. The smallest absolute Gasteiger partial charge is 0.164 e. The standard InChI is InChI=1S/C57H36N4S/c1-5-16-37(17-6-1)43-35-48(38-18-7-2-8-19-38)53-50(36-43)49-34-42(57-59-55(40-20-9-3-10-21-40)58-56(60-57)41-22-11-4-12-23-41)30-33-51(49)61(53)44-31-28-39(29-32-44)45-25-15-26-47-46-24-13-14-27-52(46)62-54(45)47/h1-36H. The Morgan fingerprint density at radius 1 is 0.323 bits per heavy atom. The number of aromatic nitrogens is 4. The van der Waals surface area contributed by atoms with E-state index in [-0.39, 0.29) is 0 Å². The Morgan fingerprint density at radius 3 is 1.50 bits per heavy atom. The average Bonchev–Trinajstić information content (AvgIpc) is 3.90. The van der Waals surface area contributed by atoms with Gasteiger partial charge in [-0.25, -0.2) is 15.0 Å². The minimum Gasteiger partial charge on any atom is -0.309 e. The minimum atomic E-state index is 0.628. The first-order valence-corrected chi connectivity index (χ1v) is 21.7. The molecule has 0 bridgehead atoms. The molecule has 3 aromatic heterocycles. The lowest BCUT2D eigenvalue weighted by Gasteiger charge is -2.14. The lowest BCUT2D eigenvalue weighted by atomic mass is 9.95. The minimum absolute atomic E-state index is 0.628. The van der Waals surface area contributed by atoms with Gasteiger partial charge in [-0.2, -0.15) is 0 Å². The van der Waals surface area contributed by atoms with Gasteiger partial charge in [0, 0.05) is 58.9 Å². The Morgan fingerprint density at radius 2 is 0.839 bits per heavy atom. The van der Waals surface area contributed by atoms with Crippen molar-refractivity contribution in [2.24, 2.45) is 0 Å². The molecule has 0 N–H and O–H groups in total. The Hall–Kier alpha value is -7.99. The molecule has 3 heterocycles. The van der Waals surface area contributed by atoms with E-state index in [1.807, 2.05) is 47.7 Å². The van der Waals surface area contributed by atoms with Crippen LogP contribution < -0.4 is 0 Å². The van der Waals surface area contributed by atoms with Crippen molar-refractivity contribution in [3.05, 3.63) is 218 Å². The molecule has 12 aromatic rings. The first-order valence-electron chi connectivity index (χ1n) is 20.8. The molecule has 0 aliphatic rings. The normalized spacial score (nSPS) is 11.5. The van der Waals surface area contributed by atoms with E-state index in [9.17, 15) is 0 Å². The summed E-state index contributed by atoms with van der Waals surface area (Å²) < 4.78 is 5.06. The first kappa shape index (κ1) is 35.9. The van der Waals surface area contributed by atoms with E-state index in [2.05, 4.69) is 187 Å². The number of benzene rings is 9. The van der Waals surface area contributed by atoms with Crippen LogP contribution >= 0.6 is 11.3 Å². The molecule has 0 unspecified atom stereocenters. The second kappa shape index (κ2) is 14.9. The quantitative estimate of drug-likeness (QED) is 0.161. The summed E-state index contributed by atoms with van der Waals surface area (Å²) in [6.45, 7) is 0. The third kappa shape index (κ3) is 6.18. The summed E-state index contributed by atoms with van der Waals surface area (Å²) in [7, 11) is 0. The monoisotopic (exact) mass is 808 g/mol. The van der Waals surface area contributed by atoms with Crippen LogP contribution in [-0.2, 0) is 0 Å². The van der Waals surface area contributed by atoms with E-state index < -0.39 is 0 Å². The van der Waals surface area contributed by atoms with Gasteiger partial charge in [0.2, 0.25) is 0 Å². The van der Waals surface area contributed by atoms with Gasteiger partial charge in [-0.1, -0.05) is 170 Å². The van der Waals surface area contributed by atoms with Gasteiger partial charge < -0.3 is 4.57 Å². The van der Waals surface area contributed by atoms with Crippen molar-refractivity contribution in [2.75, 3.05) is 0 Å². The van der Waals surface area contributed by atoms with Crippen molar-refractivity contribution in [3.8, 4) is 73.2 Å². The fourth-order valence-corrected chi connectivity index (χ4v) is 10.1. The molecule has 4 nitrogen and oxygen atoms in total. The summed E-state index contributed by atoms with van der Waals surface area (Å²) in [5.41, 5.74) is 13.2. The van der Waals surface area contributed by atoms with Crippen molar-refractivity contribution in [1.82, 2.24) is 19.5 Å². The van der Waals surface area contributed by atoms with E-state index in [1.54, 1.807) is 0 Å². The Kier molecular flexibility index (Phi) is 8.65. The van der Waals surface area contributed by atoms with Crippen LogP contribution in [0.5, 0.6) is 0 Å². The molecule has 0 spiro atoms. The largest absolute Gasteiger partial charge is 0.309 e. The summed E-state index contributed by atoms with van der Waals surface area (Å²) in [5.74, 6) is 1.91. The fourth-order valence-electron chi connectivity index (χ4n) is 8.89. The van der Waals surface area contributed by atoms with Crippen LogP contribution in [0.4, 0.5) is 0 Å². The molecule has 9 aromatic carbocycles. The summed E-state index contributed by atoms with van der Waals surface area (Å²) in [4.78, 5) is 15.2. The molecule has 0 aliphatic carbocycles. The predicted molar refractivity (Wildman–Crippen MR) is 260 cm³/mol. The lowest BCUT2D eigenvalue weighted by Crippen LogP contribution is -2.00. The zero-order valence-electron chi connectivity index (χ0n) is 33.5. The van der Waals surface area contributed by atoms with Crippen molar-refractivity contribution in [1.29, 1.82) is 0 Å². The molecule has 0 saturated carbocycles. The molecular formula is C57H36N4S. The molecular weight excluding hydrogens is 773 g/mol. The van der Waals surface area contributed by atoms with E-state index in [1.165, 1.54) is 36.9 Å². The SMILES string of the molecule is c1ccc(-c2cc(-c3ccccc3)c3c(c2)c2cc(-c4nc(-c5ccccc5)nc(-c5ccccc5)n4)ccc2n3-c2ccc(-c3cccc4c3sc3ccccc34)cc2)cc1. The van der Waals surface area contributed by atoms with Crippen molar-refractivity contribution in [2.45, 2.75) is 0 Å². The zero-order chi connectivity index (χ0) is 41.0. The van der Waals surface area contributed by atoms with Crippen LogP contribution in [-0.4, -0.2) is 19.5 Å². The summed E-state index contributed by atoms with van der Waals surface area (Å²) in [6.07, 6.45) is 0. The summed E-state index contributed by atoms with van der Waals surface area (Å²) >= 11 is 1.87. The topological polar surface area (TPSA) is 43.6 Å². The third-order valence-corrected chi connectivity index (χ3v) is 13.1. The zero-order valence-corrected chi connectivity index (χ0v) is 34.3. The van der Waals surface area contributed by atoms with Crippen molar-refractivity contribution < 1.29 is 0 Å². The van der Waals surface area contributed by atoms with Crippen LogP contribution in [0.2, 0.25) is 0 Å². The average molecular weight is 809 g/mol. The molecule has 0 amide bonds. The molecule has 62 heavy (non-hydrogen) atoms. The van der Waals surface area contributed by atoms with Gasteiger partial charge in [0.05, 0.1) is 11.0 Å². The Balaban J connectivity index is 1.10. The van der Waals surface area contributed by atoms with Crippen molar-refractivity contribution in [3.63, 3.8) is 0 Å². The van der Waals surface area contributed by atoms with Crippen molar-refractivity contribution >= 4 is 53.3 Å².